The Kier molecular flexibility index (Phi) is 2.77. The molecule has 0 atom stereocenters. The molecule has 1 aliphatic heterocycles. The van der Waals surface area contributed by atoms with Crippen LogP contribution in [0.4, 0.5) is 0 Å². The maximum Gasteiger partial charge on any atom is 0.100 e. The smallest absolute Gasteiger partial charge is 0.0996 e. The van der Waals surface area contributed by atoms with Gasteiger partial charge in [0.15, 0.2) is 0 Å². The van der Waals surface area contributed by atoms with Crippen LogP contribution in [0.25, 0.3) is 0 Å². The molecule has 0 N–H and O–H groups in total. The minimum atomic E-state index is 1.17. The minimum absolute atomic E-state index is 1.17. The molecule has 0 saturated carbocycles. The van der Waals surface area contributed by atoms with Gasteiger partial charge in [-0.1, -0.05) is 40.4 Å². The average molecular weight is 337 g/mol. The minimum Gasteiger partial charge on any atom is -0.0996 e. The van der Waals surface area contributed by atoms with Gasteiger partial charge in [-0.05, 0) is 29.0 Å². The fourth-order valence-corrected chi connectivity index (χ4v) is 4.11. The third-order valence-corrected chi connectivity index (χ3v) is 3.58. The van der Waals surface area contributed by atoms with Gasteiger partial charge in [0.25, 0.3) is 0 Å². The predicted octanol–water partition coefficient (Wildman–Crippen LogP) is 3.32. The zero-order valence-electron chi connectivity index (χ0n) is 3.45. The average Bonchev–Trinajstić information content (AvgIpc) is 1.87. The lowest BCUT2D eigenvalue weighted by Crippen LogP contribution is -1.62. The Bertz CT molecular complexity index is 99.9. The highest BCUT2D eigenvalue weighted by atomic mass is 127. The molecule has 0 nitrogen and oxygen atoms in total. The molecule has 0 aromatic carbocycles. The predicted molar refractivity (Wildman–Crippen MR) is 51.6 cm³/mol. The van der Waals surface area contributed by atoms with Crippen molar-refractivity contribution in [3.63, 3.8) is 0 Å². The van der Waals surface area contributed by atoms with E-state index in [1.807, 2.05) is 11.8 Å². The molecule has 0 bridgehead atoms. The monoisotopic (exact) mass is 337 g/mol. The van der Waals surface area contributed by atoms with Crippen LogP contribution in [0.15, 0.2) is 8.99 Å². The maximum absolute atomic E-state index is 2.37. The summed E-state index contributed by atoms with van der Waals surface area (Å²) in [6.45, 7) is 0. The molecule has 7 heavy (non-hydrogen) atoms. The van der Waals surface area contributed by atoms with Crippen molar-refractivity contribution in [2.45, 2.75) is 6.42 Å². The molecule has 0 aliphatic carbocycles. The molecule has 0 fully saturated rings. The Labute approximate surface area is 74.8 Å². The fraction of sp³-hybridized carbons (Fsp3) is 0.250. The highest BCUT2D eigenvalue weighted by Gasteiger charge is 2.11. The normalized spacial score (nSPS) is 22.9. The van der Waals surface area contributed by atoms with Crippen LogP contribution in [0, 0.1) is 3.26 Å². The summed E-state index contributed by atoms with van der Waals surface area (Å²) >= 11 is 6.59. The molecule has 1 rings (SSSR count). The first-order chi connectivity index (χ1) is 3.29. The first kappa shape index (κ1) is 6.67. The summed E-state index contributed by atoms with van der Waals surface area (Å²) in [5.41, 5.74) is 0. The summed E-state index contributed by atoms with van der Waals surface area (Å²) in [6.07, 6.45) is 3.41. The lowest BCUT2D eigenvalue weighted by atomic mass is 10.5. The van der Waals surface area contributed by atoms with Gasteiger partial charge in [0.2, 0.25) is 0 Å². The van der Waals surface area contributed by atoms with Crippen LogP contribution in [0.3, 0.4) is 0 Å². The van der Waals surface area contributed by atoms with E-state index in [-0.39, 0.29) is 0 Å². The molecule has 0 spiro atoms. The number of halogens is 2. The van der Waals surface area contributed by atoms with Gasteiger partial charge in [-0.15, -0.1) is 0 Å². The van der Waals surface area contributed by atoms with Gasteiger partial charge in [-0.2, -0.15) is 0 Å². The third-order valence-electron chi connectivity index (χ3n) is 0.631. The summed E-state index contributed by atoms with van der Waals surface area (Å²) in [7, 11) is 0. The lowest BCUT2D eigenvalue weighted by Gasteiger charge is -1.90. The van der Waals surface area contributed by atoms with Gasteiger partial charge >= 0.3 is 0 Å². The summed E-state index contributed by atoms with van der Waals surface area (Å²) in [4.78, 5) is 0. The fourth-order valence-electron chi connectivity index (χ4n) is 0.350. The van der Waals surface area contributed by atoms with Crippen molar-refractivity contribution >= 4 is 56.9 Å². The van der Waals surface area contributed by atoms with Gasteiger partial charge in [0, 0.05) is 2.91 Å². The molecular formula is C4H3I2S. The van der Waals surface area contributed by atoms with E-state index in [9.17, 15) is 0 Å². The van der Waals surface area contributed by atoms with Crippen molar-refractivity contribution in [2.24, 2.45) is 0 Å². The lowest BCUT2D eigenvalue weighted by molar-refractivity contribution is 1.38. The van der Waals surface area contributed by atoms with Gasteiger partial charge in [-0.25, -0.2) is 0 Å². The van der Waals surface area contributed by atoms with E-state index in [2.05, 4.69) is 51.3 Å². The van der Waals surface area contributed by atoms with Crippen molar-refractivity contribution in [3.8, 4) is 0 Å². The van der Waals surface area contributed by atoms with Crippen molar-refractivity contribution in [2.75, 3.05) is 0 Å². The van der Waals surface area contributed by atoms with E-state index in [0.717, 1.165) is 0 Å². The Morgan fingerprint density at radius 3 is 2.43 bits per heavy atom. The van der Waals surface area contributed by atoms with Crippen LogP contribution < -0.4 is 0 Å². The Hall–Kier alpha value is 1.55. The number of hydrogen-bond acceptors (Lipinski definition) is 1. The van der Waals surface area contributed by atoms with Crippen LogP contribution in [0.5, 0.6) is 0 Å². The number of hydrogen-bond donors (Lipinski definition) is 0. The Morgan fingerprint density at radius 1 is 1.57 bits per heavy atom. The molecule has 3 heteroatoms. The molecule has 0 unspecified atom stereocenters. The highest BCUT2D eigenvalue weighted by molar-refractivity contribution is 14.1. The molecule has 0 saturated heterocycles. The zero-order chi connectivity index (χ0) is 5.28. The van der Waals surface area contributed by atoms with Crippen LogP contribution in [0.2, 0.25) is 0 Å². The van der Waals surface area contributed by atoms with Crippen molar-refractivity contribution in [3.05, 3.63) is 12.2 Å². The highest BCUT2D eigenvalue weighted by Crippen LogP contribution is 2.45. The van der Waals surface area contributed by atoms with Crippen molar-refractivity contribution in [1.29, 1.82) is 0 Å². The number of thioether (sulfide) groups is 1. The first-order valence-electron chi connectivity index (χ1n) is 1.84. The Morgan fingerprint density at radius 2 is 2.29 bits per heavy atom. The van der Waals surface area contributed by atoms with E-state index in [4.69, 9.17) is 0 Å². The second-order valence-corrected chi connectivity index (χ2v) is 6.23. The Balaban J connectivity index is 2.42. The molecule has 1 aliphatic rings. The van der Waals surface area contributed by atoms with Crippen molar-refractivity contribution in [1.82, 2.24) is 0 Å². The molecule has 1 heterocycles. The molecule has 39 valence electrons. The summed E-state index contributed by atoms with van der Waals surface area (Å²) < 4.78 is 2.91. The SMILES string of the molecule is I[C]1CC=C(I)S1. The van der Waals surface area contributed by atoms with E-state index >= 15 is 0 Å². The quantitative estimate of drug-likeness (QED) is 0.611. The number of allylic oxidation sites excluding steroid dienone is 1. The molecule has 0 aromatic heterocycles. The topological polar surface area (TPSA) is 0 Å². The zero-order valence-corrected chi connectivity index (χ0v) is 8.58. The van der Waals surface area contributed by atoms with Gasteiger partial charge in [0.05, 0.1) is 0 Å². The second-order valence-electron chi connectivity index (χ2n) is 1.17. The number of rotatable bonds is 0. The third kappa shape index (κ3) is 2.09. The summed E-state index contributed by atoms with van der Waals surface area (Å²) in [6, 6.07) is 0. The molecule has 0 amide bonds. The van der Waals surface area contributed by atoms with Crippen LogP contribution in [0.1, 0.15) is 6.42 Å². The maximum atomic E-state index is 2.37. The van der Waals surface area contributed by atoms with E-state index < -0.39 is 0 Å². The molecule has 1 radical (unpaired) electrons. The second kappa shape index (κ2) is 2.91. The summed E-state index contributed by atoms with van der Waals surface area (Å²) in [5, 5.41) is 0. The first-order valence-corrected chi connectivity index (χ1v) is 4.81. The molecule has 0 aromatic rings. The van der Waals surface area contributed by atoms with E-state index in [1.54, 1.807) is 0 Å². The largest absolute Gasteiger partial charge is 0.100 e. The van der Waals surface area contributed by atoms with E-state index in [1.165, 1.54) is 12.6 Å². The molecular weight excluding hydrogens is 334 g/mol. The van der Waals surface area contributed by atoms with Crippen molar-refractivity contribution < 1.29 is 0 Å². The van der Waals surface area contributed by atoms with Gasteiger partial charge in [0.1, 0.15) is 3.26 Å². The standard InChI is InChI=1S/C4H3I2S/c5-3-1-2-4(6)7-3/h1H,2H2. The van der Waals surface area contributed by atoms with Gasteiger partial charge in [-0.3, -0.25) is 0 Å². The summed E-state index contributed by atoms with van der Waals surface area (Å²) in [5.74, 6) is 0. The van der Waals surface area contributed by atoms with Crippen LogP contribution >= 0.6 is 56.9 Å². The van der Waals surface area contributed by atoms with Crippen LogP contribution in [-0.4, -0.2) is 0 Å². The van der Waals surface area contributed by atoms with E-state index in [0.29, 0.717) is 0 Å². The van der Waals surface area contributed by atoms with Crippen LogP contribution in [-0.2, 0) is 0 Å². The van der Waals surface area contributed by atoms with Gasteiger partial charge < -0.3 is 0 Å².